The molecule has 1 unspecified atom stereocenters. The zero-order valence-corrected chi connectivity index (χ0v) is 16.1. The van der Waals surface area contributed by atoms with Crippen LogP contribution in [0.5, 0.6) is 5.75 Å². The number of fused-ring (bicyclic) bond motifs is 1. The normalized spacial score (nSPS) is 12.0. The van der Waals surface area contributed by atoms with Crippen LogP contribution in [-0.2, 0) is 9.59 Å². The molecule has 30 heavy (non-hydrogen) atoms. The minimum Gasteiger partial charge on any atom is -0.508 e. The van der Waals surface area contributed by atoms with Gasteiger partial charge in [-0.2, -0.15) is 0 Å². The predicted molar refractivity (Wildman–Crippen MR) is 103 cm³/mol. The molecule has 3 N–H and O–H groups in total. The minimum atomic E-state index is -1.21. The predicted octanol–water partition coefficient (Wildman–Crippen LogP) is 2.93. The van der Waals surface area contributed by atoms with Gasteiger partial charge in [-0.25, -0.2) is 8.78 Å². The maximum absolute atomic E-state index is 13.6. The number of carbonyl (C=O) groups is 3. The third-order valence-electron chi connectivity index (χ3n) is 4.85. The van der Waals surface area contributed by atoms with Crippen LogP contribution >= 0.6 is 0 Å². The Labute approximate surface area is 169 Å². The fourth-order valence-corrected chi connectivity index (χ4v) is 3.44. The number of aromatic hydroxyl groups is 1. The van der Waals surface area contributed by atoms with Crippen LogP contribution in [0.2, 0.25) is 0 Å². The van der Waals surface area contributed by atoms with Crippen molar-refractivity contribution in [2.24, 2.45) is 0 Å². The highest BCUT2D eigenvalue weighted by Gasteiger charge is 2.27. The zero-order chi connectivity index (χ0) is 22.2. The first-order valence-electron chi connectivity index (χ1n) is 8.95. The number of halogens is 2. The summed E-state index contributed by atoms with van der Waals surface area (Å²) in [5.74, 6) is -5.65. The number of amides is 1. The number of rotatable bonds is 5. The lowest BCUT2D eigenvalue weighted by Gasteiger charge is -2.13. The minimum absolute atomic E-state index is 0.0979. The van der Waals surface area contributed by atoms with Gasteiger partial charge in [-0.3, -0.25) is 19.0 Å². The lowest BCUT2D eigenvalue weighted by molar-refractivity contribution is -0.138. The molecule has 0 aliphatic rings. The molecular formula is C21H18F2N2O5. The zero-order valence-electron chi connectivity index (χ0n) is 16.1. The number of hydrogen-bond acceptors (Lipinski definition) is 4. The molecule has 0 saturated heterocycles. The summed E-state index contributed by atoms with van der Waals surface area (Å²) in [7, 11) is 0. The van der Waals surface area contributed by atoms with Crippen LogP contribution in [0.15, 0.2) is 36.4 Å². The summed E-state index contributed by atoms with van der Waals surface area (Å²) in [6.45, 7) is 2.54. The van der Waals surface area contributed by atoms with Crippen LogP contribution in [0, 0.1) is 18.6 Å². The van der Waals surface area contributed by atoms with E-state index in [1.54, 1.807) is 6.92 Å². The maximum atomic E-state index is 13.6. The van der Waals surface area contributed by atoms with Gasteiger partial charge < -0.3 is 15.5 Å². The molecular weight excluding hydrogens is 398 g/mol. The van der Waals surface area contributed by atoms with Gasteiger partial charge in [-0.05, 0) is 55.8 Å². The molecule has 0 radical (unpaired) electrons. The van der Waals surface area contributed by atoms with Crippen LogP contribution in [0.3, 0.4) is 0 Å². The quantitative estimate of drug-likeness (QED) is 0.593. The van der Waals surface area contributed by atoms with E-state index in [9.17, 15) is 28.3 Å². The van der Waals surface area contributed by atoms with E-state index < -0.39 is 41.9 Å². The van der Waals surface area contributed by atoms with Gasteiger partial charge in [0.05, 0.1) is 11.4 Å². The van der Waals surface area contributed by atoms with Crippen LogP contribution < -0.4 is 5.32 Å². The third kappa shape index (κ3) is 3.73. The highest BCUT2D eigenvalue weighted by Crippen LogP contribution is 2.34. The van der Waals surface area contributed by atoms with E-state index >= 15 is 0 Å². The monoisotopic (exact) mass is 416 g/mol. The van der Waals surface area contributed by atoms with Crippen LogP contribution in [0.1, 0.15) is 34.5 Å². The summed E-state index contributed by atoms with van der Waals surface area (Å²) < 4.78 is 28.2. The van der Waals surface area contributed by atoms with Crippen LogP contribution in [0.25, 0.3) is 10.9 Å². The van der Waals surface area contributed by atoms with Crippen LogP contribution in [0.4, 0.5) is 8.78 Å². The number of nitrogens with zero attached hydrogens (tertiary/aromatic N) is 1. The Morgan fingerprint density at radius 1 is 1.10 bits per heavy atom. The van der Waals surface area contributed by atoms with Crippen LogP contribution in [-0.4, -0.2) is 39.1 Å². The number of aliphatic carboxylic acids is 1. The average Bonchev–Trinajstić information content (AvgIpc) is 2.97. The van der Waals surface area contributed by atoms with Crippen molar-refractivity contribution in [2.45, 2.75) is 19.8 Å². The van der Waals surface area contributed by atoms with Crippen molar-refractivity contribution in [2.75, 3.05) is 6.54 Å². The summed E-state index contributed by atoms with van der Waals surface area (Å²) in [5, 5.41) is 21.4. The number of phenols is 1. The van der Waals surface area contributed by atoms with Gasteiger partial charge in [0.15, 0.2) is 11.6 Å². The second-order valence-electron chi connectivity index (χ2n) is 6.80. The number of carbonyl (C=O) groups excluding carboxylic acids is 2. The van der Waals surface area contributed by atoms with Gasteiger partial charge in [-0.1, -0.05) is 0 Å². The molecule has 3 rings (SSSR count). The number of benzene rings is 2. The molecule has 1 amide bonds. The van der Waals surface area contributed by atoms with Gasteiger partial charge >= 0.3 is 5.97 Å². The summed E-state index contributed by atoms with van der Waals surface area (Å²) >= 11 is 0. The Hall–Kier alpha value is -3.75. The van der Waals surface area contributed by atoms with E-state index in [1.165, 1.54) is 29.7 Å². The average molecular weight is 416 g/mol. The first kappa shape index (κ1) is 21.0. The summed E-state index contributed by atoms with van der Waals surface area (Å²) in [6, 6.07) is 6.99. The SMILES string of the molecule is Cc1c(C(C)C(=O)NCC(=O)O)c2cc(O)ccc2n1C(=O)c1ccc(F)c(F)c1. The first-order chi connectivity index (χ1) is 14.1. The lowest BCUT2D eigenvalue weighted by Crippen LogP contribution is -2.32. The number of carboxylic acids is 1. The fraction of sp³-hybridized carbons (Fsp3) is 0.190. The van der Waals surface area contributed by atoms with Crippen molar-refractivity contribution in [3.05, 3.63) is 64.9 Å². The molecule has 156 valence electrons. The molecule has 1 heterocycles. The smallest absolute Gasteiger partial charge is 0.322 e. The second-order valence-corrected chi connectivity index (χ2v) is 6.80. The molecule has 1 atom stereocenters. The van der Waals surface area contributed by atoms with Crippen molar-refractivity contribution in [3.8, 4) is 5.75 Å². The fourth-order valence-electron chi connectivity index (χ4n) is 3.44. The Balaban J connectivity index is 2.15. The van der Waals surface area contributed by atoms with Crippen molar-refractivity contribution in [1.29, 1.82) is 0 Å². The van der Waals surface area contributed by atoms with Gasteiger partial charge in [-0.15, -0.1) is 0 Å². The first-order valence-corrected chi connectivity index (χ1v) is 8.95. The highest BCUT2D eigenvalue weighted by atomic mass is 19.2. The van der Waals surface area contributed by atoms with E-state index in [0.717, 1.165) is 18.2 Å². The molecule has 2 aromatic carbocycles. The molecule has 9 heteroatoms. The molecule has 0 aliphatic carbocycles. The van der Waals surface area contributed by atoms with E-state index in [4.69, 9.17) is 5.11 Å². The van der Waals surface area contributed by atoms with Gasteiger partial charge in [0.1, 0.15) is 12.3 Å². The van der Waals surface area contributed by atoms with E-state index in [-0.39, 0.29) is 11.3 Å². The summed E-state index contributed by atoms with van der Waals surface area (Å²) in [6.07, 6.45) is 0. The molecule has 3 aromatic rings. The van der Waals surface area contributed by atoms with Crippen molar-refractivity contribution >= 4 is 28.7 Å². The van der Waals surface area contributed by atoms with Gasteiger partial charge in [0.25, 0.3) is 5.91 Å². The Kier molecular flexibility index (Phi) is 5.55. The molecule has 0 bridgehead atoms. The van der Waals surface area contributed by atoms with E-state index in [0.29, 0.717) is 22.2 Å². The number of hydrogen-bond donors (Lipinski definition) is 3. The van der Waals surface area contributed by atoms with Crippen molar-refractivity contribution < 1.29 is 33.4 Å². The van der Waals surface area contributed by atoms with Gasteiger partial charge in [0.2, 0.25) is 5.91 Å². The number of phenolic OH excluding ortho intramolecular Hbond substituents is 1. The molecule has 0 spiro atoms. The number of nitrogens with one attached hydrogen (secondary N) is 1. The van der Waals surface area contributed by atoms with E-state index in [1.807, 2.05) is 0 Å². The topological polar surface area (TPSA) is 109 Å². The largest absolute Gasteiger partial charge is 0.508 e. The number of carboxylic acid groups (broad SMARTS) is 1. The Morgan fingerprint density at radius 3 is 2.43 bits per heavy atom. The summed E-state index contributed by atoms with van der Waals surface area (Å²) in [5.41, 5.74) is 1.01. The highest BCUT2D eigenvalue weighted by molar-refractivity contribution is 6.05. The number of aromatic nitrogens is 1. The molecule has 0 aliphatic heterocycles. The molecule has 0 saturated carbocycles. The standard InChI is InChI=1S/C21H18F2N2O5/c1-10(20(29)24-9-18(27)28)19-11(2)25(17-6-4-13(26)8-14(17)19)21(30)12-3-5-15(22)16(23)7-12/h3-8,10,26H,9H2,1-2H3,(H,24,29)(H,27,28). The van der Waals surface area contributed by atoms with Crippen molar-refractivity contribution in [3.63, 3.8) is 0 Å². The molecule has 0 fully saturated rings. The Morgan fingerprint density at radius 2 is 1.80 bits per heavy atom. The third-order valence-corrected chi connectivity index (χ3v) is 4.85. The summed E-state index contributed by atoms with van der Waals surface area (Å²) in [4.78, 5) is 36.3. The molecule has 1 aromatic heterocycles. The van der Waals surface area contributed by atoms with Crippen molar-refractivity contribution in [1.82, 2.24) is 9.88 Å². The second kappa shape index (κ2) is 7.94. The Bertz CT molecular complexity index is 1190. The van der Waals surface area contributed by atoms with E-state index in [2.05, 4.69) is 5.32 Å². The molecule has 7 nitrogen and oxygen atoms in total. The lowest BCUT2D eigenvalue weighted by atomic mass is 9.97. The maximum Gasteiger partial charge on any atom is 0.322 e. The van der Waals surface area contributed by atoms with Gasteiger partial charge in [0, 0.05) is 16.6 Å².